The number of hydrogen-bond donors (Lipinski definition) is 1. The van der Waals surface area contributed by atoms with Crippen molar-refractivity contribution >= 4 is 34.0 Å². The number of rotatable bonds is 4. The van der Waals surface area contributed by atoms with Gasteiger partial charge in [0.05, 0.1) is 10.0 Å². The first kappa shape index (κ1) is 14.5. The van der Waals surface area contributed by atoms with Gasteiger partial charge in [0, 0.05) is 36.1 Å². The summed E-state index contributed by atoms with van der Waals surface area (Å²) < 4.78 is 2.64. The van der Waals surface area contributed by atoms with E-state index >= 15 is 0 Å². The van der Waals surface area contributed by atoms with Crippen LogP contribution in [-0.2, 0) is 13.6 Å². The van der Waals surface area contributed by atoms with Gasteiger partial charge in [0.1, 0.15) is 0 Å². The van der Waals surface area contributed by atoms with Crippen LogP contribution < -0.4 is 5.32 Å². The molecule has 0 bridgehead atoms. The summed E-state index contributed by atoms with van der Waals surface area (Å²) in [4.78, 5) is 5.74. The largest absolute Gasteiger partial charge is 0.305 e. The molecule has 3 heterocycles. The van der Waals surface area contributed by atoms with E-state index in [2.05, 4.69) is 34.5 Å². The molecule has 0 aliphatic carbocycles. The molecule has 0 radical (unpaired) electrons. The monoisotopic (exact) mass is 320 g/mol. The molecule has 1 unspecified atom stereocenters. The Morgan fingerprint density at radius 2 is 2.24 bits per heavy atom. The number of halogens is 1. The third kappa shape index (κ3) is 2.95. The van der Waals surface area contributed by atoms with Gasteiger partial charge in [0.25, 0.3) is 0 Å². The standard InChI is InChI=1S/C15H17ClN4S/c1-9-12-6-11(8-18-15(12)20(3)19-9)7-17-10(2)13-4-5-14(16)21-13/h4-6,8,10,17H,7H2,1-3H3. The van der Waals surface area contributed by atoms with Crippen LogP contribution in [0.1, 0.15) is 29.1 Å². The molecule has 0 spiro atoms. The minimum absolute atomic E-state index is 0.271. The summed E-state index contributed by atoms with van der Waals surface area (Å²) in [6, 6.07) is 6.43. The summed E-state index contributed by atoms with van der Waals surface area (Å²) >= 11 is 7.59. The molecule has 6 heteroatoms. The normalized spacial score (nSPS) is 13.0. The van der Waals surface area contributed by atoms with Gasteiger partial charge in [-0.25, -0.2) is 4.98 Å². The van der Waals surface area contributed by atoms with Gasteiger partial charge < -0.3 is 5.32 Å². The molecule has 3 aromatic rings. The second-order valence-electron chi connectivity index (χ2n) is 5.17. The van der Waals surface area contributed by atoms with Crippen molar-refractivity contribution < 1.29 is 0 Å². The van der Waals surface area contributed by atoms with E-state index in [4.69, 9.17) is 11.6 Å². The van der Waals surface area contributed by atoms with Crippen molar-refractivity contribution in [2.45, 2.75) is 26.4 Å². The van der Waals surface area contributed by atoms with Gasteiger partial charge in [0.2, 0.25) is 0 Å². The lowest BCUT2D eigenvalue weighted by Crippen LogP contribution is -2.17. The molecule has 0 amide bonds. The Hall–Kier alpha value is -1.43. The second-order valence-corrected chi connectivity index (χ2v) is 6.91. The molecular formula is C15H17ClN4S. The van der Waals surface area contributed by atoms with Crippen molar-refractivity contribution in [3.8, 4) is 0 Å². The summed E-state index contributed by atoms with van der Waals surface area (Å²) in [7, 11) is 1.92. The van der Waals surface area contributed by atoms with E-state index in [1.54, 1.807) is 11.3 Å². The molecule has 0 aromatic carbocycles. The first-order valence-corrected chi connectivity index (χ1v) is 8.01. The highest BCUT2D eigenvalue weighted by Gasteiger charge is 2.10. The van der Waals surface area contributed by atoms with Gasteiger partial charge in [-0.1, -0.05) is 11.6 Å². The molecule has 21 heavy (non-hydrogen) atoms. The average Bonchev–Trinajstić information content (AvgIpc) is 3.01. The molecule has 0 aliphatic rings. The fraction of sp³-hybridized carbons (Fsp3) is 0.333. The van der Waals surface area contributed by atoms with Crippen molar-refractivity contribution in [2.75, 3.05) is 0 Å². The van der Waals surface area contributed by atoms with Crippen molar-refractivity contribution in [3.63, 3.8) is 0 Å². The predicted octanol–water partition coefficient (Wildman–Crippen LogP) is 3.84. The predicted molar refractivity (Wildman–Crippen MR) is 87.8 cm³/mol. The van der Waals surface area contributed by atoms with Crippen LogP contribution in [0.4, 0.5) is 0 Å². The zero-order valence-electron chi connectivity index (χ0n) is 12.2. The first-order valence-electron chi connectivity index (χ1n) is 6.81. The Labute approximate surface area is 132 Å². The Morgan fingerprint density at radius 3 is 2.95 bits per heavy atom. The van der Waals surface area contributed by atoms with E-state index in [1.165, 1.54) is 4.88 Å². The van der Waals surface area contributed by atoms with Crippen molar-refractivity contribution in [3.05, 3.63) is 44.9 Å². The van der Waals surface area contributed by atoms with Gasteiger partial charge in [-0.3, -0.25) is 4.68 Å². The highest BCUT2D eigenvalue weighted by molar-refractivity contribution is 7.16. The van der Waals surface area contributed by atoms with Gasteiger partial charge in [0.15, 0.2) is 5.65 Å². The number of nitrogens with one attached hydrogen (secondary N) is 1. The van der Waals surface area contributed by atoms with E-state index in [-0.39, 0.29) is 6.04 Å². The molecule has 110 valence electrons. The van der Waals surface area contributed by atoms with Crippen LogP contribution in [-0.4, -0.2) is 14.8 Å². The number of thiophene rings is 1. The molecular weight excluding hydrogens is 304 g/mol. The lowest BCUT2D eigenvalue weighted by Gasteiger charge is -2.12. The lowest BCUT2D eigenvalue weighted by atomic mass is 10.2. The summed E-state index contributed by atoms with van der Waals surface area (Å²) in [5, 5.41) is 9.02. The van der Waals surface area contributed by atoms with Crippen LogP contribution in [0.2, 0.25) is 4.34 Å². The van der Waals surface area contributed by atoms with Crippen molar-refractivity contribution in [1.82, 2.24) is 20.1 Å². The molecule has 3 rings (SSSR count). The molecule has 0 saturated carbocycles. The molecule has 0 saturated heterocycles. The third-order valence-electron chi connectivity index (χ3n) is 3.55. The van der Waals surface area contributed by atoms with Crippen LogP contribution in [0.3, 0.4) is 0 Å². The molecule has 0 fully saturated rings. The minimum atomic E-state index is 0.271. The highest BCUT2D eigenvalue weighted by atomic mass is 35.5. The van der Waals surface area contributed by atoms with E-state index in [0.717, 1.165) is 33.2 Å². The molecule has 0 aliphatic heterocycles. The summed E-state index contributed by atoms with van der Waals surface area (Å²) in [6.07, 6.45) is 1.91. The Bertz CT molecular complexity index is 777. The van der Waals surface area contributed by atoms with Gasteiger partial charge in [-0.15, -0.1) is 11.3 Å². The van der Waals surface area contributed by atoms with Crippen LogP contribution in [0, 0.1) is 6.92 Å². The Balaban J connectivity index is 1.74. The smallest absolute Gasteiger partial charge is 0.157 e. The van der Waals surface area contributed by atoms with E-state index < -0.39 is 0 Å². The SMILES string of the molecule is Cc1nn(C)c2ncc(CNC(C)c3ccc(Cl)s3)cc12. The average molecular weight is 321 g/mol. The van der Waals surface area contributed by atoms with E-state index in [1.807, 2.05) is 30.9 Å². The second kappa shape index (κ2) is 5.75. The van der Waals surface area contributed by atoms with Crippen molar-refractivity contribution in [1.29, 1.82) is 0 Å². The fourth-order valence-electron chi connectivity index (χ4n) is 2.38. The number of nitrogens with zero attached hydrogens (tertiary/aromatic N) is 3. The maximum atomic E-state index is 5.98. The maximum absolute atomic E-state index is 5.98. The summed E-state index contributed by atoms with van der Waals surface area (Å²) in [6.45, 7) is 4.93. The van der Waals surface area contributed by atoms with Crippen molar-refractivity contribution in [2.24, 2.45) is 7.05 Å². The van der Waals surface area contributed by atoms with Crippen LogP contribution in [0.15, 0.2) is 24.4 Å². The van der Waals surface area contributed by atoms with Crippen LogP contribution >= 0.6 is 22.9 Å². The number of pyridine rings is 1. The molecule has 1 atom stereocenters. The minimum Gasteiger partial charge on any atom is -0.305 e. The zero-order chi connectivity index (χ0) is 15.0. The van der Waals surface area contributed by atoms with E-state index in [0.29, 0.717) is 0 Å². The number of aromatic nitrogens is 3. The fourth-order valence-corrected chi connectivity index (χ4v) is 3.47. The number of hydrogen-bond acceptors (Lipinski definition) is 4. The maximum Gasteiger partial charge on any atom is 0.157 e. The Kier molecular flexibility index (Phi) is 3.97. The topological polar surface area (TPSA) is 42.7 Å². The number of fused-ring (bicyclic) bond motifs is 1. The van der Waals surface area contributed by atoms with Gasteiger partial charge in [-0.2, -0.15) is 5.10 Å². The first-order chi connectivity index (χ1) is 10.0. The molecule has 1 N–H and O–H groups in total. The van der Waals surface area contributed by atoms with Crippen LogP contribution in [0.25, 0.3) is 11.0 Å². The third-order valence-corrected chi connectivity index (χ3v) is 4.97. The van der Waals surface area contributed by atoms with Crippen LogP contribution in [0.5, 0.6) is 0 Å². The molecule has 4 nitrogen and oxygen atoms in total. The quantitative estimate of drug-likeness (QED) is 0.794. The summed E-state index contributed by atoms with van der Waals surface area (Å²) in [5.74, 6) is 0. The Morgan fingerprint density at radius 1 is 1.43 bits per heavy atom. The summed E-state index contributed by atoms with van der Waals surface area (Å²) in [5.41, 5.74) is 3.10. The molecule has 3 aromatic heterocycles. The highest BCUT2D eigenvalue weighted by Crippen LogP contribution is 2.27. The number of aryl methyl sites for hydroxylation is 2. The zero-order valence-corrected chi connectivity index (χ0v) is 13.8. The van der Waals surface area contributed by atoms with Gasteiger partial charge >= 0.3 is 0 Å². The van der Waals surface area contributed by atoms with Gasteiger partial charge in [-0.05, 0) is 37.6 Å². The lowest BCUT2D eigenvalue weighted by molar-refractivity contribution is 0.582. The van der Waals surface area contributed by atoms with E-state index in [9.17, 15) is 0 Å².